The summed E-state index contributed by atoms with van der Waals surface area (Å²) in [6.07, 6.45) is -0.671. The fourth-order valence-corrected chi connectivity index (χ4v) is 1.57. The Hall–Kier alpha value is -0.510. The molecule has 0 aliphatic rings. The first-order chi connectivity index (χ1) is 5.83. The number of aliphatic hydroxyl groups is 1. The van der Waals surface area contributed by atoms with Crippen LogP contribution in [0.25, 0.3) is 0 Å². The van der Waals surface area contributed by atoms with E-state index in [1.807, 2.05) is 30.3 Å². The molecule has 3 heteroatoms. The number of aliphatic hydroxyl groups excluding tert-OH is 1. The van der Waals surface area contributed by atoms with Gasteiger partial charge in [-0.25, -0.2) is 0 Å². The molecule has 0 bridgehead atoms. The van der Waals surface area contributed by atoms with Gasteiger partial charge in [0.2, 0.25) is 0 Å². The van der Waals surface area contributed by atoms with Gasteiger partial charge in [0.1, 0.15) is 0 Å². The summed E-state index contributed by atoms with van der Waals surface area (Å²) >= 11 is 1.58. The van der Waals surface area contributed by atoms with Crippen LogP contribution in [0.15, 0.2) is 35.2 Å². The van der Waals surface area contributed by atoms with E-state index in [-0.39, 0.29) is 0 Å². The zero-order valence-corrected chi connectivity index (χ0v) is 7.75. The fourth-order valence-electron chi connectivity index (χ4n) is 0.752. The van der Waals surface area contributed by atoms with Crippen molar-refractivity contribution in [3.63, 3.8) is 0 Å². The molecule has 0 fully saturated rings. The molecule has 0 saturated heterocycles. The monoisotopic (exact) mass is 184 g/mol. The van der Waals surface area contributed by atoms with Crippen molar-refractivity contribution >= 4 is 11.8 Å². The first-order valence-corrected chi connectivity index (χ1v) is 4.70. The van der Waals surface area contributed by atoms with E-state index < -0.39 is 6.29 Å². The van der Waals surface area contributed by atoms with E-state index >= 15 is 0 Å². The van der Waals surface area contributed by atoms with E-state index in [1.54, 1.807) is 11.8 Å². The Morgan fingerprint density at radius 3 is 2.67 bits per heavy atom. The number of hydrogen-bond acceptors (Lipinski definition) is 3. The van der Waals surface area contributed by atoms with Crippen molar-refractivity contribution in [1.82, 2.24) is 0 Å². The molecule has 0 heterocycles. The lowest BCUT2D eigenvalue weighted by Gasteiger charge is -2.06. The molecule has 0 amide bonds. The van der Waals surface area contributed by atoms with Crippen LogP contribution in [0.4, 0.5) is 0 Å². The smallest absolute Gasteiger partial charge is 0.163 e. The Kier molecular flexibility index (Phi) is 4.14. The van der Waals surface area contributed by atoms with Crippen LogP contribution in [0, 0.1) is 0 Å². The molecule has 1 aromatic carbocycles. The molecule has 0 radical (unpaired) electrons. The highest BCUT2D eigenvalue weighted by Gasteiger charge is 2.00. The molecule has 0 saturated carbocycles. The summed E-state index contributed by atoms with van der Waals surface area (Å²) in [6.45, 7) is 0. The molecule has 2 nitrogen and oxygen atoms in total. The van der Waals surface area contributed by atoms with Crippen LogP contribution >= 0.6 is 11.8 Å². The van der Waals surface area contributed by atoms with Crippen LogP contribution < -0.4 is 0 Å². The average molecular weight is 184 g/mol. The van der Waals surface area contributed by atoms with Crippen LogP contribution in [-0.4, -0.2) is 24.3 Å². The minimum Gasteiger partial charge on any atom is -0.367 e. The lowest BCUT2D eigenvalue weighted by molar-refractivity contribution is -0.0545. The quantitative estimate of drug-likeness (QED) is 0.571. The van der Waals surface area contributed by atoms with Gasteiger partial charge in [-0.05, 0) is 12.1 Å². The van der Waals surface area contributed by atoms with Crippen molar-refractivity contribution in [1.29, 1.82) is 0 Å². The Bertz CT molecular complexity index is 213. The predicted molar refractivity (Wildman–Crippen MR) is 50.2 cm³/mol. The molecule has 12 heavy (non-hydrogen) atoms. The van der Waals surface area contributed by atoms with Gasteiger partial charge in [-0.1, -0.05) is 18.2 Å². The second-order valence-corrected chi connectivity index (χ2v) is 3.41. The second kappa shape index (κ2) is 5.19. The summed E-state index contributed by atoms with van der Waals surface area (Å²) in [5, 5.41) is 9.08. The van der Waals surface area contributed by atoms with E-state index in [0.717, 1.165) is 4.90 Å². The van der Waals surface area contributed by atoms with Crippen LogP contribution in [0.1, 0.15) is 0 Å². The van der Waals surface area contributed by atoms with Crippen LogP contribution in [0.5, 0.6) is 0 Å². The minimum atomic E-state index is -0.671. The first kappa shape index (κ1) is 9.58. The summed E-state index contributed by atoms with van der Waals surface area (Å²) in [7, 11) is 1.50. The Morgan fingerprint density at radius 2 is 2.08 bits per heavy atom. The Balaban J connectivity index is 2.33. The second-order valence-electron chi connectivity index (χ2n) is 2.31. The highest BCUT2D eigenvalue weighted by atomic mass is 32.2. The van der Waals surface area contributed by atoms with E-state index in [1.165, 1.54) is 7.11 Å². The highest BCUT2D eigenvalue weighted by molar-refractivity contribution is 7.99. The molecule has 1 atom stereocenters. The van der Waals surface area contributed by atoms with Gasteiger partial charge in [-0.3, -0.25) is 0 Å². The van der Waals surface area contributed by atoms with Gasteiger partial charge in [0.25, 0.3) is 0 Å². The zero-order valence-electron chi connectivity index (χ0n) is 6.93. The fraction of sp³-hybridized carbons (Fsp3) is 0.333. The van der Waals surface area contributed by atoms with Crippen molar-refractivity contribution in [3.05, 3.63) is 30.3 Å². The number of thioether (sulfide) groups is 1. The van der Waals surface area contributed by atoms with E-state index in [9.17, 15) is 0 Å². The maximum atomic E-state index is 9.08. The van der Waals surface area contributed by atoms with Crippen LogP contribution in [0.2, 0.25) is 0 Å². The molecule has 1 rings (SSSR count). The number of benzene rings is 1. The molecule has 0 aliphatic carbocycles. The summed E-state index contributed by atoms with van der Waals surface area (Å²) < 4.78 is 4.71. The lowest BCUT2D eigenvalue weighted by Crippen LogP contribution is -2.11. The maximum Gasteiger partial charge on any atom is 0.163 e. The SMILES string of the molecule is COC(O)CSc1ccccc1. The molecule has 0 aliphatic heterocycles. The van der Waals surface area contributed by atoms with Crippen molar-refractivity contribution in [2.75, 3.05) is 12.9 Å². The van der Waals surface area contributed by atoms with Crippen LogP contribution in [-0.2, 0) is 4.74 Å². The molecular weight excluding hydrogens is 172 g/mol. The van der Waals surface area contributed by atoms with Crippen molar-refractivity contribution in [2.24, 2.45) is 0 Å². The third-order valence-electron chi connectivity index (χ3n) is 1.41. The van der Waals surface area contributed by atoms with Crippen LogP contribution in [0.3, 0.4) is 0 Å². The summed E-state index contributed by atoms with van der Waals surface area (Å²) in [6, 6.07) is 9.93. The van der Waals surface area contributed by atoms with E-state index in [4.69, 9.17) is 9.84 Å². The summed E-state index contributed by atoms with van der Waals surface area (Å²) in [5.74, 6) is 0.570. The Morgan fingerprint density at radius 1 is 1.42 bits per heavy atom. The van der Waals surface area contributed by atoms with Gasteiger partial charge in [-0.15, -0.1) is 11.8 Å². The lowest BCUT2D eigenvalue weighted by atomic mass is 10.4. The predicted octanol–water partition coefficient (Wildman–Crippen LogP) is 1.74. The molecule has 1 unspecified atom stereocenters. The van der Waals surface area contributed by atoms with Gasteiger partial charge < -0.3 is 9.84 Å². The number of rotatable bonds is 4. The molecule has 1 N–H and O–H groups in total. The van der Waals surface area contributed by atoms with E-state index in [2.05, 4.69) is 0 Å². The molecule has 66 valence electrons. The van der Waals surface area contributed by atoms with Gasteiger partial charge in [-0.2, -0.15) is 0 Å². The molecule has 1 aromatic rings. The topological polar surface area (TPSA) is 29.5 Å². The van der Waals surface area contributed by atoms with Gasteiger partial charge in [0.15, 0.2) is 6.29 Å². The van der Waals surface area contributed by atoms with Crippen molar-refractivity contribution in [2.45, 2.75) is 11.2 Å². The number of methoxy groups -OCH3 is 1. The molecule has 0 spiro atoms. The third-order valence-corrected chi connectivity index (χ3v) is 2.47. The molecular formula is C9H12O2S. The largest absolute Gasteiger partial charge is 0.367 e. The molecule has 0 aromatic heterocycles. The van der Waals surface area contributed by atoms with Gasteiger partial charge >= 0.3 is 0 Å². The van der Waals surface area contributed by atoms with Crippen molar-refractivity contribution < 1.29 is 9.84 Å². The zero-order chi connectivity index (χ0) is 8.81. The maximum absolute atomic E-state index is 9.08. The van der Waals surface area contributed by atoms with Gasteiger partial charge in [0, 0.05) is 17.8 Å². The van der Waals surface area contributed by atoms with Gasteiger partial charge in [0.05, 0.1) is 0 Å². The average Bonchev–Trinajstić information content (AvgIpc) is 2.16. The minimum absolute atomic E-state index is 0.570. The number of hydrogen-bond donors (Lipinski definition) is 1. The number of ether oxygens (including phenoxy) is 1. The third kappa shape index (κ3) is 3.26. The first-order valence-electron chi connectivity index (χ1n) is 3.71. The normalized spacial score (nSPS) is 12.8. The standard InChI is InChI=1S/C9H12O2S/c1-11-9(10)7-12-8-5-3-2-4-6-8/h2-6,9-10H,7H2,1H3. The highest BCUT2D eigenvalue weighted by Crippen LogP contribution is 2.17. The van der Waals surface area contributed by atoms with E-state index in [0.29, 0.717) is 5.75 Å². The Labute approximate surface area is 76.6 Å². The van der Waals surface area contributed by atoms with Crippen molar-refractivity contribution in [3.8, 4) is 0 Å². The summed E-state index contributed by atoms with van der Waals surface area (Å²) in [4.78, 5) is 1.15. The summed E-state index contributed by atoms with van der Waals surface area (Å²) in [5.41, 5.74) is 0.